The molecule has 1 N–H and O–H groups in total. The molecule has 0 heterocycles. The third-order valence-corrected chi connectivity index (χ3v) is 4.43. The molecular weight excluding hydrogens is 341 g/mol. The number of halogens is 2. The summed E-state index contributed by atoms with van der Waals surface area (Å²) in [5, 5.41) is 4.06. The van der Waals surface area contributed by atoms with E-state index in [4.69, 9.17) is 27.9 Å². The van der Waals surface area contributed by atoms with Gasteiger partial charge in [-0.05, 0) is 29.8 Å². The molecule has 0 aliphatic heterocycles. The van der Waals surface area contributed by atoms with Gasteiger partial charge in [0, 0.05) is 27.6 Å². The molecule has 0 bridgehead atoms. The Morgan fingerprint density at radius 1 is 1.23 bits per heavy atom. The average Bonchev–Trinajstić information content (AvgIpc) is 2.49. The first-order valence-electron chi connectivity index (χ1n) is 6.54. The van der Waals surface area contributed by atoms with Gasteiger partial charge in [-0.3, -0.25) is 4.79 Å². The molecule has 0 aliphatic rings. The zero-order chi connectivity index (χ0) is 15.9. The van der Waals surface area contributed by atoms with Gasteiger partial charge in [0.1, 0.15) is 5.75 Å². The number of benzene rings is 2. The van der Waals surface area contributed by atoms with Crippen molar-refractivity contribution in [1.82, 2.24) is 0 Å². The fourth-order valence-corrected chi connectivity index (χ4v) is 3.18. The number of carbonyl (C=O) groups is 1. The summed E-state index contributed by atoms with van der Waals surface area (Å²) in [6.45, 7) is 0. The smallest absolute Gasteiger partial charge is 0.234 e. The largest absolute Gasteiger partial charge is 0.497 e. The molecule has 0 aliphatic carbocycles. The Kier molecular flexibility index (Phi) is 6.43. The lowest BCUT2D eigenvalue weighted by Gasteiger charge is -2.07. The lowest BCUT2D eigenvalue weighted by Crippen LogP contribution is -2.14. The minimum Gasteiger partial charge on any atom is -0.497 e. The molecule has 0 spiro atoms. The first-order valence-corrected chi connectivity index (χ1v) is 8.45. The number of rotatable bonds is 6. The van der Waals surface area contributed by atoms with Gasteiger partial charge in [-0.2, -0.15) is 0 Å². The van der Waals surface area contributed by atoms with Crippen molar-refractivity contribution in [1.29, 1.82) is 0 Å². The summed E-state index contributed by atoms with van der Waals surface area (Å²) in [7, 11) is 1.59. The maximum Gasteiger partial charge on any atom is 0.234 e. The number of nitrogens with one attached hydrogen (secondary N) is 1. The number of methoxy groups -OCH3 is 1. The second-order valence-electron chi connectivity index (χ2n) is 4.51. The summed E-state index contributed by atoms with van der Waals surface area (Å²) < 4.78 is 5.12. The van der Waals surface area contributed by atoms with Gasteiger partial charge in [-0.1, -0.05) is 35.3 Å². The van der Waals surface area contributed by atoms with E-state index >= 15 is 0 Å². The lowest BCUT2D eigenvalue weighted by molar-refractivity contribution is -0.113. The molecule has 2 rings (SSSR count). The van der Waals surface area contributed by atoms with Crippen LogP contribution in [-0.4, -0.2) is 18.8 Å². The molecule has 1 amide bonds. The van der Waals surface area contributed by atoms with Gasteiger partial charge in [-0.25, -0.2) is 0 Å². The normalized spacial score (nSPS) is 10.3. The minimum absolute atomic E-state index is 0.0664. The first kappa shape index (κ1) is 17.0. The third-order valence-electron chi connectivity index (χ3n) is 2.86. The molecule has 6 heteroatoms. The van der Waals surface area contributed by atoms with E-state index in [1.165, 1.54) is 11.8 Å². The predicted octanol–water partition coefficient (Wildman–Crippen LogP) is 4.87. The molecule has 0 saturated carbocycles. The predicted molar refractivity (Wildman–Crippen MR) is 94.2 cm³/mol. The zero-order valence-corrected chi connectivity index (χ0v) is 14.3. The van der Waals surface area contributed by atoms with E-state index in [0.29, 0.717) is 27.3 Å². The van der Waals surface area contributed by atoms with Crippen LogP contribution in [0.25, 0.3) is 0 Å². The Morgan fingerprint density at radius 3 is 2.77 bits per heavy atom. The van der Waals surface area contributed by atoms with E-state index in [0.717, 1.165) is 11.3 Å². The van der Waals surface area contributed by atoms with Crippen LogP contribution in [0.1, 0.15) is 5.56 Å². The first-order chi connectivity index (χ1) is 10.6. The van der Waals surface area contributed by atoms with Crippen molar-refractivity contribution in [3.8, 4) is 5.75 Å². The fourth-order valence-electron chi connectivity index (χ4n) is 1.79. The monoisotopic (exact) mass is 355 g/mol. The second kappa shape index (κ2) is 8.32. The van der Waals surface area contributed by atoms with Crippen LogP contribution < -0.4 is 10.1 Å². The highest BCUT2D eigenvalue weighted by atomic mass is 35.5. The summed E-state index contributed by atoms with van der Waals surface area (Å²) in [6, 6.07) is 12.6. The van der Waals surface area contributed by atoms with Crippen LogP contribution in [-0.2, 0) is 10.5 Å². The number of hydrogen-bond donors (Lipinski definition) is 1. The molecule has 2 aromatic rings. The van der Waals surface area contributed by atoms with Gasteiger partial charge in [0.05, 0.1) is 12.9 Å². The highest BCUT2D eigenvalue weighted by molar-refractivity contribution is 7.99. The van der Waals surface area contributed by atoms with E-state index in [-0.39, 0.29) is 5.91 Å². The van der Waals surface area contributed by atoms with Crippen LogP contribution in [0.15, 0.2) is 42.5 Å². The Labute approximate surface area is 144 Å². The van der Waals surface area contributed by atoms with Gasteiger partial charge in [0.25, 0.3) is 0 Å². The molecule has 2 aromatic carbocycles. The van der Waals surface area contributed by atoms with E-state index in [9.17, 15) is 4.79 Å². The maximum atomic E-state index is 11.9. The van der Waals surface area contributed by atoms with E-state index in [2.05, 4.69) is 5.32 Å². The summed E-state index contributed by atoms with van der Waals surface area (Å²) in [5.41, 5.74) is 1.68. The van der Waals surface area contributed by atoms with E-state index < -0.39 is 0 Å². The molecule has 0 atom stereocenters. The van der Waals surface area contributed by atoms with Gasteiger partial charge in [-0.15, -0.1) is 11.8 Å². The van der Waals surface area contributed by atoms with Crippen LogP contribution >= 0.6 is 35.0 Å². The summed E-state index contributed by atoms with van der Waals surface area (Å²) >= 11 is 13.4. The number of ether oxygens (including phenoxy) is 1. The van der Waals surface area contributed by atoms with Crippen molar-refractivity contribution in [2.45, 2.75) is 5.75 Å². The van der Waals surface area contributed by atoms with E-state index in [1.54, 1.807) is 25.3 Å². The quantitative estimate of drug-likeness (QED) is 0.802. The Hall–Kier alpha value is -1.36. The number of carbonyl (C=O) groups excluding carboxylic acids is 1. The molecule has 0 aromatic heterocycles. The van der Waals surface area contributed by atoms with Crippen molar-refractivity contribution in [3.63, 3.8) is 0 Å². The number of hydrogen-bond acceptors (Lipinski definition) is 3. The molecule has 0 radical (unpaired) electrons. The average molecular weight is 356 g/mol. The van der Waals surface area contributed by atoms with Gasteiger partial charge in [0.15, 0.2) is 0 Å². The molecule has 22 heavy (non-hydrogen) atoms. The van der Waals surface area contributed by atoms with Crippen molar-refractivity contribution < 1.29 is 9.53 Å². The van der Waals surface area contributed by atoms with E-state index in [1.807, 2.05) is 24.3 Å². The second-order valence-corrected chi connectivity index (χ2v) is 6.34. The summed E-state index contributed by atoms with van der Waals surface area (Å²) in [4.78, 5) is 11.9. The van der Waals surface area contributed by atoms with Crippen molar-refractivity contribution in [2.24, 2.45) is 0 Å². The lowest BCUT2D eigenvalue weighted by atomic mass is 10.2. The third kappa shape index (κ3) is 5.13. The Balaban J connectivity index is 1.82. The van der Waals surface area contributed by atoms with Crippen LogP contribution in [0, 0.1) is 0 Å². The molecule has 3 nitrogen and oxygen atoms in total. The highest BCUT2D eigenvalue weighted by Gasteiger charge is 2.06. The Morgan fingerprint density at radius 2 is 2.05 bits per heavy atom. The van der Waals surface area contributed by atoms with Crippen LogP contribution in [0.3, 0.4) is 0 Å². The van der Waals surface area contributed by atoms with Gasteiger partial charge < -0.3 is 10.1 Å². The van der Waals surface area contributed by atoms with Crippen molar-refractivity contribution in [2.75, 3.05) is 18.2 Å². The molecule has 116 valence electrons. The summed E-state index contributed by atoms with van der Waals surface area (Å²) in [5.74, 6) is 1.64. The SMILES string of the molecule is COc1cccc(NC(=O)CSCc2ccc(Cl)cc2Cl)c1. The number of amides is 1. The van der Waals surface area contributed by atoms with Gasteiger partial charge >= 0.3 is 0 Å². The standard InChI is InChI=1S/C16H15Cl2NO2S/c1-21-14-4-2-3-13(8-14)19-16(20)10-22-9-11-5-6-12(17)7-15(11)18/h2-8H,9-10H2,1H3,(H,19,20). The topological polar surface area (TPSA) is 38.3 Å². The zero-order valence-electron chi connectivity index (χ0n) is 11.9. The molecular formula is C16H15Cl2NO2S. The molecule has 0 unspecified atom stereocenters. The number of anilines is 1. The maximum absolute atomic E-state index is 11.9. The van der Waals surface area contributed by atoms with Crippen LogP contribution in [0.2, 0.25) is 10.0 Å². The van der Waals surface area contributed by atoms with Crippen molar-refractivity contribution >= 4 is 46.6 Å². The van der Waals surface area contributed by atoms with Crippen LogP contribution in [0.5, 0.6) is 5.75 Å². The highest BCUT2D eigenvalue weighted by Crippen LogP contribution is 2.25. The minimum atomic E-state index is -0.0664. The molecule has 0 fully saturated rings. The van der Waals surface area contributed by atoms with Gasteiger partial charge in [0.2, 0.25) is 5.91 Å². The molecule has 0 saturated heterocycles. The van der Waals surface area contributed by atoms with Crippen LogP contribution in [0.4, 0.5) is 5.69 Å². The van der Waals surface area contributed by atoms with Crippen molar-refractivity contribution in [3.05, 3.63) is 58.1 Å². The number of thioether (sulfide) groups is 1. The fraction of sp³-hybridized carbons (Fsp3) is 0.188. The summed E-state index contributed by atoms with van der Waals surface area (Å²) in [6.07, 6.45) is 0. The Bertz CT molecular complexity index is 664.